The first-order valence-electron chi connectivity index (χ1n) is 6.15. The second-order valence-electron chi connectivity index (χ2n) is 4.25. The molecule has 2 aromatic rings. The Kier molecular flexibility index (Phi) is 5.12. The number of rotatable bonds is 5. The molecule has 0 aliphatic heterocycles. The van der Waals surface area contributed by atoms with Crippen molar-refractivity contribution in [1.29, 1.82) is 0 Å². The van der Waals surface area contributed by atoms with E-state index < -0.39 is 6.36 Å². The Morgan fingerprint density at radius 3 is 2.29 bits per heavy atom. The molecular weight excluding hydrogens is 349 g/mol. The maximum atomic E-state index is 12.1. The van der Waals surface area contributed by atoms with Crippen LogP contribution in [0.15, 0.2) is 53.0 Å². The summed E-state index contributed by atoms with van der Waals surface area (Å²) in [6.07, 6.45) is -4.03. The molecule has 0 bridgehead atoms. The van der Waals surface area contributed by atoms with Crippen molar-refractivity contribution in [1.82, 2.24) is 0 Å². The number of hydrogen-bond donors (Lipinski definition) is 0. The summed E-state index contributed by atoms with van der Waals surface area (Å²) in [6, 6.07) is 13.2. The monoisotopic (exact) mass is 360 g/mol. The molecule has 0 aliphatic rings. The summed E-state index contributed by atoms with van der Waals surface area (Å²) in [6.45, 7) is 0.372. The molecule has 21 heavy (non-hydrogen) atoms. The maximum Gasteiger partial charge on any atom is 0.573 e. The van der Waals surface area contributed by atoms with Crippen molar-refractivity contribution in [2.75, 3.05) is 6.61 Å². The minimum Gasteiger partial charge on any atom is -0.493 e. The van der Waals surface area contributed by atoms with E-state index in [2.05, 4.69) is 20.7 Å². The molecule has 0 radical (unpaired) electrons. The van der Waals surface area contributed by atoms with Gasteiger partial charge in [-0.3, -0.25) is 0 Å². The fraction of sp³-hybridized carbons (Fsp3) is 0.200. The first kappa shape index (κ1) is 15.7. The van der Waals surface area contributed by atoms with Crippen LogP contribution < -0.4 is 9.47 Å². The number of hydrogen-bond acceptors (Lipinski definition) is 2. The van der Waals surface area contributed by atoms with E-state index in [1.165, 1.54) is 18.2 Å². The second kappa shape index (κ2) is 6.85. The van der Waals surface area contributed by atoms with Crippen molar-refractivity contribution in [3.63, 3.8) is 0 Å². The van der Waals surface area contributed by atoms with Gasteiger partial charge in [0.2, 0.25) is 0 Å². The predicted molar refractivity (Wildman–Crippen MR) is 76.5 cm³/mol. The average Bonchev–Trinajstić information content (AvgIpc) is 2.39. The zero-order valence-corrected chi connectivity index (χ0v) is 12.4. The van der Waals surface area contributed by atoms with Crippen LogP contribution in [0.3, 0.4) is 0 Å². The molecule has 0 heterocycles. The molecule has 0 aliphatic carbocycles. The molecular formula is C15H12BrF3O2. The van der Waals surface area contributed by atoms with E-state index in [9.17, 15) is 13.2 Å². The molecule has 0 aromatic heterocycles. The zero-order valence-electron chi connectivity index (χ0n) is 10.9. The van der Waals surface area contributed by atoms with Gasteiger partial charge in [0, 0.05) is 17.0 Å². The Morgan fingerprint density at radius 1 is 0.952 bits per heavy atom. The van der Waals surface area contributed by atoms with E-state index >= 15 is 0 Å². The van der Waals surface area contributed by atoms with Gasteiger partial charge in [0.05, 0.1) is 6.61 Å². The van der Waals surface area contributed by atoms with E-state index in [0.29, 0.717) is 18.8 Å². The second-order valence-corrected chi connectivity index (χ2v) is 5.16. The van der Waals surface area contributed by atoms with Crippen LogP contribution >= 0.6 is 15.9 Å². The molecule has 0 unspecified atom stereocenters. The number of ether oxygens (including phenoxy) is 2. The molecule has 0 spiro atoms. The lowest BCUT2D eigenvalue weighted by Crippen LogP contribution is -2.17. The van der Waals surface area contributed by atoms with Crippen LogP contribution in [0.1, 0.15) is 5.56 Å². The summed E-state index contributed by atoms with van der Waals surface area (Å²) >= 11 is 3.35. The number of benzene rings is 2. The van der Waals surface area contributed by atoms with Gasteiger partial charge in [-0.05, 0) is 29.8 Å². The molecule has 2 rings (SSSR count). The molecule has 2 aromatic carbocycles. The SMILES string of the molecule is FC(F)(F)Oc1cccc(OCCc2ccc(Br)cc2)c1. The van der Waals surface area contributed by atoms with Gasteiger partial charge in [0.15, 0.2) is 0 Å². The molecule has 0 saturated heterocycles. The van der Waals surface area contributed by atoms with E-state index in [4.69, 9.17) is 4.74 Å². The quantitative estimate of drug-likeness (QED) is 0.749. The van der Waals surface area contributed by atoms with Gasteiger partial charge >= 0.3 is 6.36 Å². The van der Waals surface area contributed by atoms with Crippen LogP contribution in [0.2, 0.25) is 0 Å². The van der Waals surface area contributed by atoms with Gasteiger partial charge in [0.1, 0.15) is 11.5 Å². The Labute approximate surface area is 128 Å². The van der Waals surface area contributed by atoms with Crippen LogP contribution in [-0.2, 0) is 6.42 Å². The summed E-state index contributed by atoms with van der Waals surface area (Å²) in [7, 11) is 0. The Bertz CT molecular complexity index is 582. The van der Waals surface area contributed by atoms with Crippen LogP contribution in [-0.4, -0.2) is 13.0 Å². The van der Waals surface area contributed by atoms with Gasteiger partial charge in [-0.15, -0.1) is 13.2 Å². The van der Waals surface area contributed by atoms with Crippen molar-refractivity contribution < 1.29 is 22.6 Å². The van der Waals surface area contributed by atoms with Crippen molar-refractivity contribution in [2.24, 2.45) is 0 Å². The molecule has 2 nitrogen and oxygen atoms in total. The first-order chi connectivity index (χ1) is 9.92. The molecule has 6 heteroatoms. The smallest absolute Gasteiger partial charge is 0.493 e. The average molecular weight is 361 g/mol. The highest BCUT2D eigenvalue weighted by Crippen LogP contribution is 2.26. The summed E-state index contributed by atoms with van der Waals surface area (Å²) in [5, 5.41) is 0. The Balaban J connectivity index is 1.88. The van der Waals surface area contributed by atoms with Gasteiger partial charge in [0.25, 0.3) is 0 Å². The van der Waals surface area contributed by atoms with Crippen molar-refractivity contribution in [2.45, 2.75) is 12.8 Å². The van der Waals surface area contributed by atoms with Crippen molar-refractivity contribution >= 4 is 15.9 Å². The van der Waals surface area contributed by atoms with Crippen LogP contribution in [0, 0.1) is 0 Å². The van der Waals surface area contributed by atoms with Gasteiger partial charge < -0.3 is 9.47 Å². The summed E-state index contributed by atoms with van der Waals surface area (Å²) in [5.74, 6) is 0.0532. The fourth-order valence-electron chi connectivity index (χ4n) is 1.70. The lowest BCUT2D eigenvalue weighted by molar-refractivity contribution is -0.274. The van der Waals surface area contributed by atoms with Crippen LogP contribution in [0.4, 0.5) is 13.2 Å². The fourth-order valence-corrected chi connectivity index (χ4v) is 1.96. The highest BCUT2D eigenvalue weighted by Gasteiger charge is 2.31. The summed E-state index contributed by atoms with van der Waals surface area (Å²) < 4.78 is 46.6. The van der Waals surface area contributed by atoms with E-state index in [0.717, 1.165) is 10.0 Å². The molecule has 0 fully saturated rings. The minimum atomic E-state index is -4.70. The van der Waals surface area contributed by atoms with E-state index in [-0.39, 0.29) is 5.75 Å². The number of halogens is 4. The third-order valence-corrected chi connectivity index (χ3v) is 3.14. The largest absolute Gasteiger partial charge is 0.573 e. The van der Waals surface area contributed by atoms with E-state index in [1.807, 2.05) is 24.3 Å². The number of alkyl halides is 3. The highest BCUT2D eigenvalue weighted by molar-refractivity contribution is 9.10. The summed E-state index contributed by atoms with van der Waals surface area (Å²) in [5.41, 5.74) is 1.08. The zero-order chi connectivity index (χ0) is 15.3. The molecule has 112 valence electrons. The summed E-state index contributed by atoms with van der Waals surface area (Å²) in [4.78, 5) is 0. The van der Waals surface area contributed by atoms with Gasteiger partial charge in [-0.25, -0.2) is 0 Å². The third-order valence-electron chi connectivity index (χ3n) is 2.61. The van der Waals surface area contributed by atoms with Crippen LogP contribution in [0.25, 0.3) is 0 Å². The first-order valence-corrected chi connectivity index (χ1v) is 6.95. The standard InChI is InChI=1S/C15H12BrF3O2/c16-12-6-4-11(5-7-12)8-9-20-13-2-1-3-14(10-13)21-15(17,18)19/h1-7,10H,8-9H2. The maximum absolute atomic E-state index is 12.1. The highest BCUT2D eigenvalue weighted by atomic mass is 79.9. The Hall–Kier alpha value is -1.69. The van der Waals surface area contributed by atoms with Crippen molar-refractivity contribution in [3.05, 3.63) is 58.6 Å². The molecule has 0 atom stereocenters. The van der Waals surface area contributed by atoms with Crippen molar-refractivity contribution in [3.8, 4) is 11.5 Å². The minimum absolute atomic E-state index is 0.288. The lowest BCUT2D eigenvalue weighted by atomic mass is 10.2. The third kappa shape index (κ3) is 5.67. The van der Waals surface area contributed by atoms with E-state index in [1.54, 1.807) is 6.07 Å². The predicted octanol–water partition coefficient (Wildman–Crippen LogP) is 4.97. The molecule has 0 N–H and O–H groups in total. The van der Waals surface area contributed by atoms with Gasteiger partial charge in [-0.1, -0.05) is 34.1 Å². The van der Waals surface area contributed by atoms with Gasteiger partial charge in [-0.2, -0.15) is 0 Å². The lowest BCUT2D eigenvalue weighted by Gasteiger charge is -2.11. The Morgan fingerprint density at radius 2 is 1.62 bits per heavy atom. The topological polar surface area (TPSA) is 18.5 Å². The molecule has 0 saturated carbocycles. The molecule has 0 amide bonds. The van der Waals surface area contributed by atoms with Crippen LogP contribution in [0.5, 0.6) is 11.5 Å². The normalized spacial score (nSPS) is 11.2.